The highest BCUT2D eigenvalue weighted by atomic mass is 16.5. The van der Waals surface area contributed by atoms with Crippen molar-refractivity contribution in [2.24, 2.45) is 5.92 Å². The van der Waals surface area contributed by atoms with Crippen molar-refractivity contribution in [3.05, 3.63) is 35.4 Å². The van der Waals surface area contributed by atoms with Gasteiger partial charge in [0, 0.05) is 19.7 Å². The van der Waals surface area contributed by atoms with E-state index < -0.39 is 0 Å². The van der Waals surface area contributed by atoms with Crippen molar-refractivity contribution in [1.82, 2.24) is 5.32 Å². The highest BCUT2D eigenvalue weighted by Crippen LogP contribution is 2.13. The van der Waals surface area contributed by atoms with Crippen molar-refractivity contribution >= 4 is 0 Å². The van der Waals surface area contributed by atoms with E-state index in [1.807, 2.05) is 0 Å². The van der Waals surface area contributed by atoms with E-state index >= 15 is 0 Å². The molecule has 0 saturated heterocycles. The molecule has 0 amide bonds. The van der Waals surface area contributed by atoms with Crippen LogP contribution in [-0.4, -0.2) is 13.2 Å². The summed E-state index contributed by atoms with van der Waals surface area (Å²) in [6.45, 7) is 8.46. The van der Waals surface area contributed by atoms with E-state index in [-0.39, 0.29) is 0 Å². The van der Waals surface area contributed by atoms with E-state index in [0.717, 1.165) is 12.5 Å². The topological polar surface area (TPSA) is 21.3 Å². The summed E-state index contributed by atoms with van der Waals surface area (Å²) in [4.78, 5) is 0. The van der Waals surface area contributed by atoms with Gasteiger partial charge in [-0.25, -0.2) is 0 Å². The van der Waals surface area contributed by atoms with Crippen LogP contribution in [0.5, 0.6) is 0 Å². The summed E-state index contributed by atoms with van der Waals surface area (Å²) >= 11 is 0. The summed E-state index contributed by atoms with van der Waals surface area (Å²) in [5.74, 6) is 0.771. The Kier molecular flexibility index (Phi) is 6.99. The largest absolute Gasteiger partial charge is 0.380 e. The number of hydrogen-bond donors (Lipinski definition) is 1. The van der Waals surface area contributed by atoms with Crippen molar-refractivity contribution in [2.75, 3.05) is 7.11 Å². The Balaban J connectivity index is 2.49. The maximum absolute atomic E-state index is 5.16. The summed E-state index contributed by atoms with van der Waals surface area (Å²) in [5.41, 5.74) is 2.58. The summed E-state index contributed by atoms with van der Waals surface area (Å²) < 4.78 is 5.16. The lowest BCUT2D eigenvalue weighted by Crippen LogP contribution is -2.32. The Labute approximate surface area is 112 Å². The molecule has 1 aromatic carbocycles. The van der Waals surface area contributed by atoms with E-state index in [9.17, 15) is 0 Å². The van der Waals surface area contributed by atoms with Crippen LogP contribution in [0.3, 0.4) is 0 Å². The molecule has 0 saturated carbocycles. The molecule has 0 spiro atoms. The minimum atomic E-state index is 0.575. The summed E-state index contributed by atoms with van der Waals surface area (Å²) in [7, 11) is 1.74. The van der Waals surface area contributed by atoms with Gasteiger partial charge in [0.1, 0.15) is 0 Å². The standard InChI is InChI=1S/C16H27NO/c1-5-16(6-2)13(3)17-11-14-8-7-9-15(10-14)12-18-4/h7-10,13,16-17H,5-6,11-12H2,1-4H3. The highest BCUT2D eigenvalue weighted by molar-refractivity contribution is 5.22. The maximum Gasteiger partial charge on any atom is 0.0713 e. The predicted octanol–water partition coefficient (Wildman–Crippen LogP) is 3.75. The fourth-order valence-corrected chi connectivity index (χ4v) is 2.44. The van der Waals surface area contributed by atoms with E-state index in [0.29, 0.717) is 12.6 Å². The molecule has 18 heavy (non-hydrogen) atoms. The number of nitrogens with one attached hydrogen (secondary N) is 1. The van der Waals surface area contributed by atoms with E-state index in [4.69, 9.17) is 4.74 Å². The van der Waals surface area contributed by atoms with Gasteiger partial charge >= 0.3 is 0 Å². The zero-order valence-corrected chi connectivity index (χ0v) is 12.2. The second kappa shape index (κ2) is 8.28. The fourth-order valence-electron chi connectivity index (χ4n) is 2.44. The second-order valence-electron chi connectivity index (χ2n) is 5.00. The molecule has 2 nitrogen and oxygen atoms in total. The monoisotopic (exact) mass is 249 g/mol. The molecule has 0 radical (unpaired) electrons. The van der Waals surface area contributed by atoms with Gasteiger partial charge in [-0.15, -0.1) is 0 Å². The second-order valence-corrected chi connectivity index (χ2v) is 5.00. The first kappa shape index (κ1) is 15.2. The van der Waals surface area contributed by atoms with E-state index in [1.165, 1.54) is 24.0 Å². The molecular formula is C16H27NO. The van der Waals surface area contributed by atoms with Gasteiger partial charge in [-0.3, -0.25) is 0 Å². The predicted molar refractivity (Wildman–Crippen MR) is 77.5 cm³/mol. The molecule has 0 aromatic heterocycles. The molecule has 0 aliphatic carbocycles. The van der Waals surface area contributed by atoms with E-state index in [2.05, 4.69) is 50.4 Å². The summed E-state index contributed by atoms with van der Waals surface area (Å²) in [5, 5.41) is 3.63. The minimum absolute atomic E-state index is 0.575. The lowest BCUT2D eigenvalue weighted by atomic mass is 9.95. The van der Waals surface area contributed by atoms with Crippen LogP contribution in [0, 0.1) is 5.92 Å². The van der Waals surface area contributed by atoms with Crippen LogP contribution in [0.15, 0.2) is 24.3 Å². The summed E-state index contributed by atoms with van der Waals surface area (Å²) in [6, 6.07) is 9.18. The molecule has 1 aromatic rings. The molecule has 0 aliphatic rings. The van der Waals surface area contributed by atoms with Gasteiger partial charge in [-0.1, -0.05) is 51.0 Å². The molecule has 1 unspecified atom stereocenters. The third-order valence-corrected chi connectivity index (χ3v) is 3.69. The van der Waals surface area contributed by atoms with Gasteiger partial charge in [0.2, 0.25) is 0 Å². The molecule has 0 aliphatic heterocycles. The van der Waals surface area contributed by atoms with Crippen LogP contribution in [0.1, 0.15) is 44.7 Å². The smallest absolute Gasteiger partial charge is 0.0713 e. The quantitative estimate of drug-likeness (QED) is 0.757. The van der Waals surface area contributed by atoms with Crippen LogP contribution in [0.25, 0.3) is 0 Å². The molecule has 102 valence electrons. The zero-order chi connectivity index (χ0) is 13.4. The number of benzene rings is 1. The maximum atomic E-state index is 5.16. The van der Waals surface area contributed by atoms with Crippen LogP contribution < -0.4 is 5.32 Å². The molecule has 1 rings (SSSR count). The zero-order valence-electron chi connectivity index (χ0n) is 12.2. The van der Waals surface area contributed by atoms with Gasteiger partial charge in [0.05, 0.1) is 6.61 Å². The molecule has 0 fully saturated rings. The van der Waals surface area contributed by atoms with Gasteiger partial charge in [-0.2, -0.15) is 0 Å². The summed E-state index contributed by atoms with van der Waals surface area (Å²) in [6.07, 6.45) is 2.49. The lowest BCUT2D eigenvalue weighted by Gasteiger charge is -2.22. The normalized spacial score (nSPS) is 12.9. The van der Waals surface area contributed by atoms with Crippen molar-refractivity contribution in [1.29, 1.82) is 0 Å². The number of ether oxygens (including phenoxy) is 1. The Morgan fingerprint density at radius 1 is 1.17 bits per heavy atom. The highest BCUT2D eigenvalue weighted by Gasteiger charge is 2.12. The third-order valence-electron chi connectivity index (χ3n) is 3.69. The first-order valence-corrected chi connectivity index (χ1v) is 7.01. The molecule has 0 heterocycles. The number of rotatable bonds is 8. The Bertz CT molecular complexity index is 334. The van der Waals surface area contributed by atoms with Crippen molar-refractivity contribution in [2.45, 2.75) is 52.8 Å². The van der Waals surface area contributed by atoms with Crippen LogP contribution in [0.4, 0.5) is 0 Å². The van der Waals surface area contributed by atoms with Crippen LogP contribution in [-0.2, 0) is 17.9 Å². The minimum Gasteiger partial charge on any atom is -0.380 e. The van der Waals surface area contributed by atoms with Crippen molar-refractivity contribution in [3.8, 4) is 0 Å². The van der Waals surface area contributed by atoms with Gasteiger partial charge in [-0.05, 0) is 24.0 Å². The molecular weight excluding hydrogens is 222 g/mol. The van der Waals surface area contributed by atoms with Gasteiger partial charge < -0.3 is 10.1 Å². The Morgan fingerprint density at radius 3 is 2.44 bits per heavy atom. The van der Waals surface area contributed by atoms with E-state index in [1.54, 1.807) is 7.11 Å². The van der Waals surface area contributed by atoms with Crippen molar-refractivity contribution < 1.29 is 4.74 Å². The molecule has 1 N–H and O–H groups in total. The number of methoxy groups -OCH3 is 1. The lowest BCUT2D eigenvalue weighted by molar-refractivity contribution is 0.185. The first-order valence-electron chi connectivity index (χ1n) is 7.01. The number of hydrogen-bond acceptors (Lipinski definition) is 2. The first-order chi connectivity index (χ1) is 8.71. The van der Waals surface area contributed by atoms with Gasteiger partial charge in [0.15, 0.2) is 0 Å². The Morgan fingerprint density at radius 2 is 1.83 bits per heavy atom. The van der Waals surface area contributed by atoms with Crippen molar-refractivity contribution in [3.63, 3.8) is 0 Å². The van der Waals surface area contributed by atoms with Gasteiger partial charge in [0.25, 0.3) is 0 Å². The molecule has 0 bridgehead atoms. The SMILES string of the molecule is CCC(CC)C(C)NCc1cccc(COC)c1. The Hall–Kier alpha value is -0.860. The average Bonchev–Trinajstić information content (AvgIpc) is 2.39. The average molecular weight is 249 g/mol. The van der Waals surface area contributed by atoms with Crippen LogP contribution >= 0.6 is 0 Å². The molecule has 2 heteroatoms. The van der Waals surface area contributed by atoms with Crippen LogP contribution in [0.2, 0.25) is 0 Å². The fraction of sp³-hybridized carbons (Fsp3) is 0.625. The molecule has 1 atom stereocenters. The third kappa shape index (κ3) is 4.79.